The molecule has 0 aliphatic carbocycles. The molecule has 0 aromatic rings. The summed E-state index contributed by atoms with van der Waals surface area (Å²) in [6.07, 6.45) is 0. The van der Waals surface area contributed by atoms with Crippen molar-refractivity contribution in [3.05, 3.63) is 0 Å². The van der Waals surface area contributed by atoms with Crippen molar-refractivity contribution in [2.75, 3.05) is 7.11 Å². The Bertz CT molecular complexity index is 189. The van der Waals surface area contributed by atoms with Crippen LogP contribution in [-0.2, 0) is 12.7 Å². The minimum absolute atomic E-state index is 0. The molecule has 6 heteroatoms. The summed E-state index contributed by atoms with van der Waals surface area (Å²) in [5.41, 5.74) is 0. The fourth-order valence-electron chi connectivity index (χ4n) is 1.39. The first-order valence-electron chi connectivity index (χ1n) is 4.93. The molecule has 0 aliphatic heterocycles. The fraction of sp³-hybridized carbons (Fsp3) is 1.00. The monoisotopic (exact) mass is 300 g/mol. The minimum Gasteiger partial charge on any atom is -0.437 e. The maximum Gasteiger partial charge on any atom is 0.322 e. The highest BCUT2D eigenvalue weighted by Gasteiger charge is 2.38. The van der Waals surface area contributed by atoms with Crippen molar-refractivity contribution in [1.82, 2.24) is 0 Å². The van der Waals surface area contributed by atoms with Crippen molar-refractivity contribution in [2.24, 2.45) is 0 Å². The van der Waals surface area contributed by atoms with Crippen molar-refractivity contribution < 1.29 is 12.7 Å². The maximum absolute atomic E-state index is 6.07. The van der Waals surface area contributed by atoms with Crippen LogP contribution in [0.25, 0.3) is 0 Å². The zero-order valence-corrected chi connectivity index (χ0v) is 13.7. The third-order valence-corrected chi connectivity index (χ3v) is 10.9. The average Bonchev–Trinajstić information content (AvgIpc) is 1.78. The molecular weight excluding hydrogens is 264 g/mol. The van der Waals surface area contributed by atoms with Crippen LogP contribution in [0.1, 0.15) is 22.3 Å². The summed E-state index contributed by atoms with van der Waals surface area (Å²) in [7, 11) is -3.74. The van der Waals surface area contributed by atoms with E-state index in [1.54, 1.807) is 7.11 Å². The van der Waals surface area contributed by atoms with E-state index in [1.165, 1.54) is 0 Å². The van der Waals surface area contributed by atoms with Crippen molar-refractivity contribution in [3.8, 4) is 0 Å². The van der Waals surface area contributed by atoms with E-state index < -0.39 is 25.4 Å². The van der Waals surface area contributed by atoms with E-state index in [9.17, 15) is 0 Å². The number of hydrogen-bond acceptors (Lipinski definition) is 3. The Labute approximate surface area is 114 Å². The van der Waals surface area contributed by atoms with E-state index in [0.29, 0.717) is 0 Å². The van der Waals surface area contributed by atoms with E-state index in [-0.39, 0.29) is 22.3 Å². The van der Waals surface area contributed by atoms with Crippen LogP contribution in [0.2, 0.25) is 45.8 Å². The van der Waals surface area contributed by atoms with E-state index in [1.807, 2.05) is 0 Å². The molecule has 0 saturated heterocycles. The maximum atomic E-state index is 6.07. The zero-order chi connectivity index (χ0) is 11.6. The van der Waals surface area contributed by atoms with Gasteiger partial charge in [-0.3, -0.25) is 0 Å². The van der Waals surface area contributed by atoms with Crippen LogP contribution in [0.15, 0.2) is 0 Å². The van der Waals surface area contributed by atoms with Gasteiger partial charge in [0.25, 0.3) is 0 Å². The first kappa shape index (κ1) is 26.2. The van der Waals surface area contributed by atoms with E-state index >= 15 is 0 Å². The molecule has 0 unspecified atom stereocenters. The van der Waals surface area contributed by atoms with Crippen LogP contribution in [0.3, 0.4) is 0 Å². The second-order valence-corrected chi connectivity index (χ2v) is 17.2. The molecule has 0 aromatic heterocycles. The Morgan fingerprint density at radius 3 is 1.18 bits per heavy atom. The van der Waals surface area contributed by atoms with Crippen LogP contribution >= 0.6 is 0 Å². The third-order valence-electron chi connectivity index (χ3n) is 1.54. The average molecular weight is 301 g/mol. The highest BCUT2D eigenvalue weighted by atomic mass is 28.5. The van der Waals surface area contributed by atoms with E-state index in [2.05, 4.69) is 45.8 Å². The summed E-state index contributed by atoms with van der Waals surface area (Å²) in [5.74, 6) is 0. The smallest absolute Gasteiger partial charge is 0.322 e. The molecule has 0 heterocycles. The lowest BCUT2D eigenvalue weighted by atomic mass is 11.8. The Balaban J connectivity index is -0.000000282. The van der Waals surface area contributed by atoms with Gasteiger partial charge in [-0.25, -0.2) is 0 Å². The lowest BCUT2D eigenvalue weighted by Gasteiger charge is -2.36. The van der Waals surface area contributed by atoms with Crippen LogP contribution in [-0.4, -0.2) is 32.5 Å². The molecule has 17 heavy (non-hydrogen) atoms. The second kappa shape index (κ2) is 8.60. The van der Waals surface area contributed by atoms with Gasteiger partial charge >= 0.3 is 17.1 Å². The Kier molecular flexibility index (Phi) is 13.2. The third kappa shape index (κ3) is 14.5. The van der Waals surface area contributed by atoms with Gasteiger partial charge in [-0.15, -0.1) is 0 Å². The van der Waals surface area contributed by atoms with Gasteiger partial charge in [-0.2, -0.15) is 0 Å². The fourth-order valence-corrected chi connectivity index (χ4v) is 12.9. The molecule has 0 amide bonds. The summed E-state index contributed by atoms with van der Waals surface area (Å²) in [6, 6.07) is 0. The van der Waals surface area contributed by atoms with Crippen LogP contribution < -0.4 is 0 Å². The summed E-state index contributed by atoms with van der Waals surface area (Å²) in [4.78, 5) is 0. The molecule has 0 saturated carbocycles. The first-order valence-corrected chi connectivity index (χ1v) is 14.0. The topological polar surface area (TPSA) is 27.7 Å². The Morgan fingerprint density at radius 1 is 0.588 bits per heavy atom. The molecule has 0 aromatic carbocycles. The largest absolute Gasteiger partial charge is 0.437 e. The molecule has 0 spiro atoms. The van der Waals surface area contributed by atoms with Crippen molar-refractivity contribution in [2.45, 2.75) is 68.1 Å². The second-order valence-electron chi connectivity index (χ2n) is 5.32. The molecule has 3 nitrogen and oxygen atoms in total. The SMILES string of the molecule is C.C.C.CO[Si](C)(C)O[Si](C)(C)O[Si](C)(C)C. The molecule has 0 aliphatic rings. The van der Waals surface area contributed by atoms with Crippen LogP contribution in [0, 0.1) is 0 Å². The standard InChI is InChI=1S/C8H24O3Si3.3CH4/c1-9-13(5,6)11-14(7,8)10-12(2,3)4;;;/h1-8H3;3*1H4. The summed E-state index contributed by atoms with van der Waals surface area (Å²) in [6.45, 7) is 14.9. The molecule has 0 bridgehead atoms. The Morgan fingerprint density at radius 2 is 0.941 bits per heavy atom. The number of hydrogen-bond donors (Lipinski definition) is 0. The Hall–Kier alpha value is 0.531. The predicted molar refractivity (Wildman–Crippen MR) is 87.7 cm³/mol. The number of rotatable bonds is 5. The van der Waals surface area contributed by atoms with Gasteiger partial charge in [0, 0.05) is 7.11 Å². The molecule has 0 rings (SSSR count). The molecule has 0 fully saturated rings. The van der Waals surface area contributed by atoms with Crippen molar-refractivity contribution >= 4 is 25.4 Å². The molecule has 0 radical (unpaired) electrons. The van der Waals surface area contributed by atoms with E-state index in [4.69, 9.17) is 12.7 Å². The summed E-state index contributed by atoms with van der Waals surface area (Å²) < 4.78 is 17.5. The van der Waals surface area contributed by atoms with Crippen LogP contribution in [0.4, 0.5) is 0 Å². The van der Waals surface area contributed by atoms with Gasteiger partial charge in [0.2, 0.25) is 0 Å². The minimum atomic E-state index is -2.00. The van der Waals surface area contributed by atoms with Gasteiger partial charge < -0.3 is 12.7 Å². The molecular formula is C11H36O3Si3. The van der Waals surface area contributed by atoms with Gasteiger partial charge in [-0.05, 0) is 45.8 Å². The molecule has 110 valence electrons. The van der Waals surface area contributed by atoms with Crippen LogP contribution in [0.5, 0.6) is 0 Å². The highest BCUT2D eigenvalue weighted by Crippen LogP contribution is 2.20. The van der Waals surface area contributed by atoms with Gasteiger partial charge in [0.1, 0.15) is 0 Å². The quantitative estimate of drug-likeness (QED) is 0.682. The molecule has 0 atom stereocenters. The lowest BCUT2D eigenvalue weighted by Crippen LogP contribution is -2.52. The van der Waals surface area contributed by atoms with Gasteiger partial charge in [0.15, 0.2) is 8.32 Å². The normalized spacial score (nSPS) is 12.0. The zero-order valence-electron chi connectivity index (χ0n) is 10.7. The summed E-state index contributed by atoms with van der Waals surface area (Å²) >= 11 is 0. The predicted octanol–water partition coefficient (Wildman–Crippen LogP) is 4.81. The van der Waals surface area contributed by atoms with Gasteiger partial charge in [0.05, 0.1) is 0 Å². The first-order chi connectivity index (χ1) is 5.97. The van der Waals surface area contributed by atoms with E-state index in [0.717, 1.165) is 0 Å². The van der Waals surface area contributed by atoms with Crippen molar-refractivity contribution in [3.63, 3.8) is 0 Å². The highest BCUT2D eigenvalue weighted by molar-refractivity contribution is 6.85. The summed E-state index contributed by atoms with van der Waals surface area (Å²) in [5, 5.41) is 0. The van der Waals surface area contributed by atoms with Gasteiger partial charge in [-0.1, -0.05) is 22.3 Å². The lowest BCUT2D eigenvalue weighted by molar-refractivity contribution is 0.280. The molecule has 0 N–H and O–H groups in total. The van der Waals surface area contributed by atoms with Crippen molar-refractivity contribution in [1.29, 1.82) is 0 Å².